The predicted octanol–water partition coefficient (Wildman–Crippen LogP) is -0.0263. The Labute approximate surface area is 116 Å². The molecule has 0 saturated heterocycles. The highest BCUT2D eigenvalue weighted by Gasteiger charge is 2.19. The molecule has 0 aliphatic rings. The van der Waals surface area contributed by atoms with Crippen LogP contribution in [0.3, 0.4) is 0 Å². The van der Waals surface area contributed by atoms with Gasteiger partial charge in [0.15, 0.2) is 0 Å². The van der Waals surface area contributed by atoms with E-state index in [1.54, 1.807) is 0 Å². The van der Waals surface area contributed by atoms with Crippen molar-refractivity contribution in [2.45, 2.75) is 4.90 Å². The molecule has 0 aliphatic heterocycles. The lowest BCUT2D eigenvalue weighted by Crippen LogP contribution is -2.29. The molecule has 0 saturated carbocycles. The van der Waals surface area contributed by atoms with E-state index in [0.29, 0.717) is 0 Å². The van der Waals surface area contributed by atoms with Gasteiger partial charge in [0, 0.05) is 6.20 Å². The molecule has 10 heteroatoms. The number of aromatic nitrogens is 2. The van der Waals surface area contributed by atoms with Crippen molar-refractivity contribution >= 4 is 21.8 Å². The number of H-pyrrole nitrogens is 2. The topological polar surface area (TPSA) is 129 Å². The Bertz CT molecular complexity index is 916. The monoisotopic (exact) mass is 313 g/mol. The largest absolute Gasteiger partial charge is 0.334 e. The van der Waals surface area contributed by atoms with Gasteiger partial charge in [-0.05, 0) is 12.1 Å². The highest BCUT2D eigenvalue weighted by Crippen LogP contribution is 2.22. The molecular formula is C11H8FN3O5S. The maximum absolute atomic E-state index is 13.1. The number of amides is 1. The molecule has 21 heavy (non-hydrogen) atoms. The standard InChI is InChI=1S/C11H8FN3O5S/c12-21(19,20)8-4-2-1-3-7(8)14-9(16)6-5-13-11(18)15-10(6)17/h1-5H,(H,14,16)(H2,13,15,17,18). The van der Waals surface area contributed by atoms with E-state index in [2.05, 4.69) is 10.3 Å². The highest BCUT2D eigenvalue weighted by atomic mass is 32.3. The van der Waals surface area contributed by atoms with Gasteiger partial charge in [-0.25, -0.2) is 4.79 Å². The number of benzene rings is 1. The second-order valence-corrected chi connectivity index (χ2v) is 5.19. The Balaban J connectivity index is 2.41. The molecule has 1 amide bonds. The van der Waals surface area contributed by atoms with Crippen LogP contribution < -0.4 is 16.6 Å². The third-order valence-electron chi connectivity index (χ3n) is 2.46. The maximum Gasteiger partial charge on any atom is 0.334 e. The fourth-order valence-electron chi connectivity index (χ4n) is 1.55. The molecule has 0 unspecified atom stereocenters. The van der Waals surface area contributed by atoms with Crippen LogP contribution in [0.1, 0.15) is 10.4 Å². The molecule has 110 valence electrons. The Morgan fingerprint density at radius 2 is 1.86 bits per heavy atom. The summed E-state index contributed by atoms with van der Waals surface area (Å²) in [6.07, 6.45) is 0.864. The molecule has 1 aromatic heterocycles. The van der Waals surface area contributed by atoms with Gasteiger partial charge in [0.05, 0.1) is 5.69 Å². The number of hydrogen-bond donors (Lipinski definition) is 3. The van der Waals surface area contributed by atoms with E-state index >= 15 is 0 Å². The summed E-state index contributed by atoms with van der Waals surface area (Å²) < 4.78 is 35.0. The molecule has 0 radical (unpaired) electrons. The maximum atomic E-state index is 13.1. The number of aromatic amines is 2. The van der Waals surface area contributed by atoms with E-state index in [-0.39, 0.29) is 5.69 Å². The zero-order chi connectivity index (χ0) is 15.6. The van der Waals surface area contributed by atoms with Gasteiger partial charge in [-0.15, -0.1) is 3.89 Å². The van der Waals surface area contributed by atoms with Crippen LogP contribution in [0, 0.1) is 0 Å². The summed E-state index contributed by atoms with van der Waals surface area (Å²) in [5.74, 6) is -0.997. The average Bonchev–Trinajstić information content (AvgIpc) is 2.37. The Hall–Kier alpha value is -2.75. The third kappa shape index (κ3) is 3.23. The van der Waals surface area contributed by atoms with Crippen molar-refractivity contribution in [1.82, 2.24) is 9.97 Å². The van der Waals surface area contributed by atoms with Crippen LogP contribution in [0.2, 0.25) is 0 Å². The molecular weight excluding hydrogens is 305 g/mol. The zero-order valence-corrected chi connectivity index (χ0v) is 11.0. The molecule has 1 aromatic carbocycles. The SMILES string of the molecule is O=C(Nc1ccccc1S(=O)(=O)F)c1c[nH]c(=O)[nH]c1=O. The van der Waals surface area contributed by atoms with E-state index in [4.69, 9.17) is 0 Å². The van der Waals surface area contributed by atoms with Crippen LogP contribution in [-0.4, -0.2) is 24.3 Å². The first-order chi connectivity index (χ1) is 9.79. The fraction of sp³-hybridized carbons (Fsp3) is 0. The van der Waals surface area contributed by atoms with Crippen LogP contribution in [-0.2, 0) is 10.2 Å². The number of para-hydroxylation sites is 1. The summed E-state index contributed by atoms with van der Waals surface area (Å²) in [7, 11) is -5.04. The molecule has 2 rings (SSSR count). The second-order valence-electron chi connectivity index (χ2n) is 3.87. The Kier molecular flexibility index (Phi) is 3.72. The number of halogens is 1. The van der Waals surface area contributed by atoms with Gasteiger partial charge in [0.1, 0.15) is 10.5 Å². The predicted molar refractivity (Wildman–Crippen MR) is 70.4 cm³/mol. The van der Waals surface area contributed by atoms with Crippen molar-refractivity contribution in [1.29, 1.82) is 0 Å². The van der Waals surface area contributed by atoms with Gasteiger partial charge in [-0.1, -0.05) is 12.1 Å². The summed E-state index contributed by atoms with van der Waals surface area (Å²) in [4.78, 5) is 37.3. The lowest BCUT2D eigenvalue weighted by atomic mass is 10.2. The van der Waals surface area contributed by atoms with Gasteiger partial charge >= 0.3 is 15.9 Å². The number of nitrogens with one attached hydrogen (secondary N) is 3. The van der Waals surface area contributed by atoms with Crippen LogP contribution in [0.4, 0.5) is 9.57 Å². The van der Waals surface area contributed by atoms with Crippen molar-refractivity contribution in [2.24, 2.45) is 0 Å². The van der Waals surface area contributed by atoms with Crippen molar-refractivity contribution < 1.29 is 17.1 Å². The molecule has 0 fully saturated rings. The lowest BCUT2D eigenvalue weighted by molar-refractivity contribution is 0.102. The molecule has 3 N–H and O–H groups in total. The Morgan fingerprint density at radius 1 is 1.19 bits per heavy atom. The minimum atomic E-state index is -5.04. The first-order valence-electron chi connectivity index (χ1n) is 5.46. The molecule has 1 heterocycles. The van der Waals surface area contributed by atoms with Gasteiger partial charge in [-0.2, -0.15) is 8.42 Å². The van der Waals surface area contributed by atoms with Crippen molar-refractivity contribution in [3.05, 3.63) is 56.9 Å². The van der Waals surface area contributed by atoms with Gasteiger partial charge < -0.3 is 10.3 Å². The molecule has 0 atom stereocenters. The molecule has 2 aromatic rings. The molecule has 0 aliphatic carbocycles. The smallest absolute Gasteiger partial charge is 0.320 e. The number of carbonyl (C=O) groups excluding carboxylic acids is 1. The van der Waals surface area contributed by atoms with Crippen molar-refractivity contribution in [3.63, 3.8) is 0 Å². The minimum absolute atomic E-state index is 0.324. The highest BCUT2D eigenvalue weighted by molar-refractivity contribution is 7.86. The summed E-state index contributed by atoms with van der Waals surface area (Å²) in [5.41, 5.74) is -2.55. The zero-order valence-electron chi connectivity index (χ0n) is 10.2. The van der Waals surface area contributed by atoms with Crippen molar-refractivity contribution in [2.75, 3.05) is 5.32 Å². The average molecular weight is 313 g/mol. The minimum Gasteiger partial charge on any atom is -0.320 e. The lowest BCUT2D eigenvalue weighted by Gasteiger charge is -2.07. The van der Waals surface area contributed by atoms with E-state index in [1.165, 1.54) is 12.1 Å². The van der Waals surface area contributed by atoms with E-state index in [1.807, 2.05) is 4.98 Å². The summed E-state index contributed by atoms with van der Waals surface area (Å²) in [6.45, 7) is 0. The van der Waals surface area contributed by atoms with Gasteiger partial charge in [0.2, 0.25) is 0 Å². The van der Waals surface area contributed by atoms with Gasteiger partial charge in [0.25, 0.3) is 11.5 Å². The quantitative estimate of drug-likeness (QED) is 0.685. The summed E-state index contributed by atoms with van der Waals surface area (Å²) in [5, 5.41) is 2.09. The summed E-state index contributed by atoms with van der Waals surface area (Å²) >= 11 is 0. The van der Waals surface area contributed by atoms with E-state index in [9.17, 15) is 26.7 Å². The fourth-order valence-corrected chi connectivity index (χ4v) is 2.17. The van der Waals surface area contributed by atoms with E-state index < -0.39 is 37.8 Å². The normalized spacial score (nSPS) is 11.1. The van der Waals surface area contributed by atoms with Crippen molar-refractivity contribution in [3.8, 4) is 0 Å². The van der Waals surface area contributed by atoms with E-state index in [0.717, 1.165) is 18.3 Å². The van der Waals surface area contributed by atoms with Crippen LogP contribution in [0.5, 0.6) is 0 Å². The van der Waals surface area contributed by atoms with Crippen LogP contribution in [0.25, 0.3) is 0 Å². The third-order valence-corrected chi connectivity index (χ3v) is 3.34. The first-order valence-corrected chi connectivity index (χ1v) is 6.84. The Morgan fingerprint density at radius 3 is 2.48 bits per heavy atom. The van der Waals surface area contributed by atoms with Crippen LogP contribution >= 0.6 is 0 Å². The van der Waals surface area contributed by atoms with Gasteiger partial charge in [-0.3, -0.25) is 14.6 Å². The second kappa shape index (κ2) is 5.32. The number of anilines is 1. The summed E-state index contributed by atoms with van der Waals surface area (Å²) in [6, 6.07) is 4.77. The number of rotatable bonds is 3. The number of carbonyl (C=O) groups is 1. The number of hydrogen-bond acceptors (Lipinski definition) is 5. The molecule has 0 spiro atoms. The van der Waals surface area contributed by atoms with Crippen LogP contribution in [0.15, 0.2) is 44.9 Å². The molecule has 0 bridgehead atoms. The molecule has 8 nitrogen and oxygen atoms in total. The first kappa shape index (κ1) is 14.7.